The average Bonchev–Trinajstić information content (AvgIpc) is 3.15. The summed E-state index contributed by atoms with van der Waals surface area (Å²) in [4.78, 5) is 25.3. The number of nitrogens with zero attached hydrogens (tertiary/aromatic N) is 1. The van der Waals surface area contributed by atoms with E-state index in [-0.39, 0.29) is 24.4 Å². The van der Waals surface area contributed by atoms with Crippen LogP contribution in [0.3, 0.4) is 0 Å². The molecule has 1 fully saturated rings. The van der Waals surface area contributed by atoms with Gasteiger partial charge in [-0.05, 0) is 36.6 Å². The molecular formula is C19H20BrNO4. The second-order valence-corrected chi connectivity index (χ2v) is 7.37. The van der Waals surface area contributed by atoms with E-state index in [0.29, 0.717) is 18.2 Å². The minimum atomic E-state index is -0.273. The Morgan fingerprint density at radius 3 is 2.56 bits per heavy atom. The lowest BCUT2D eigenvalue weighted by molar-refractivity contribution is -0.153. The van der Waals surface area contributed by atoms with Gasteiger partial charge in [0.1, 0.15) is 11.5 Å². The van der Waals surface area contributed by atoms with E-state index in [9.17, 15) is 9.59 Å². The predicted molar refractivity (Wildman–Crippen MR) is 96.5 cm³/mol. The Bertz CT molecular complexity index is 768. The number of benzene rings is 1. The molecular weight excluding hydrogens is 386 g/mol. The molecule has 25 heavy (non-hydrogen) atoms. The number of furan rings is 1. The molecule has 0 N–H and O–H groups in total. The maximum Gasteiger partial charge on any atom is 0.309 e. The molecule has 1 aliphatic carbocycles. The number of esters is 1. The van der Waals surface area contributed by atoms with Gasteiger partial charge in [0.15, 0.2) is 6.61 Å². The second kappa shape index (κ2) is 7.44. The van der Waals surface area contributed by atoms with E-state index in [0.717, 1.165) is 22.2 Å². The maximum absolute atomic E-state index is 12.1. The largest absolute Gasteiger partial charge is 0.459 e. The summed E-state index contributed by atoms with van der Waals surface area (Å²) in [6.07, 6.45) is 0.855. The molecule has 1 aliphatic rings. The summed E-state index contributed by atoms with van der Waals surface area (Å²) in [7, 11) is 1.66. The highest BCUT2D eigenvalue weighted by Crippen LogP contribution is 2.38. The Hall–Kier alpha value is -2.08. The SMILES string of the molecule is C[C@@H]1C[C@@H]1C(=O)OCC(=O)N(C)Cc1ccc(-c2ccc(Br)cc2)o1. The van der Waals surface area contributed by atoms with Gasteiger partial charge in [0, 0.05) is 17.1 Å². The van der Waals surface area contributed by atoms with Crippen molar-refractivity contribution in [3.05, 3.63) is 46.6 Å². The van der Waals surface area contributed by atoms with Crippen LogP contribution in [0.5, 0.6) is 0 Å². The van der Waals surface area contributed by atoms with Crippen LogP contribution in [0.15, 0.2) is 45.3 Å². The molecule has 0 unspecified atom stereocenters. The van der Waals surface area contributed by atoms with Crippen molar-refractivity contribution in [1.29, 1.82) is 0 Å². The van der Waals surface area contributed by atoms with Crippen molar-refractivity contribution < 1.29 is 18.7 Å². The van der Waals surface area contributed by atoms with Crippen molar-refractivity contribution in [3.63, 3.8) is 0 Å². The van der Waals surface area contributed by atoms with Crippen LogP contribution in [0.1, 0.15) is 19.1 Å². The van der Waals surface area contributed by atoms with Crippen LogP contribution in [-0.2, 0) is 20.9 Å². The first kappa shape index (κ1) is 17.7. The minimum Gasteiger partial charge on any atom is -0.459 e. The Morgan fingerprint density at radius 1 is 1.24 bits per heavy atom. The van der Waals surface area contributed by atoms with Crippen molar-refractivity contribution >= 4 is 27.8 Å². The topological polar surface area (TPSA) is 59.8 Å². The molecule has 0 radical (unpaired) electrons. The van der Waals surface area contributed by atoms with E-state index in [1.807, 2.05) is 43.3 Å². The fraction of sp³-hybridized carbons (Fsp3) is 0.368. The van der Waals surface area contributed by atoms with E-state index in [2.05, 4.69) is 15.9 Å². The van der Waals surface area contributed by atoms with Crippen LogP contribution < -0.4 is 0 Å². The molecule has 0 aliphatic heterocycles. The van der Waals surface area contributed by atoms with E-state index in [4.69, 9.17) is 9.15 Å². The van der Waals surface area contributed by atoms with E-state index < -0.39 is 0 Å². The number of hydrogen-bond donors (Lipinski definition) is 0. The van der Waals surface area contributed by atoms with E-state index in [1.54, 1.807) is 7.05 Å². The number of carbonyl (C=O) groups excluding carboxylic acids is 2. The Morgan fingerprint density at radius 2 is 1.92 bits per heavy atom. The molecule has 0 spiro atoms. The van der Waals surface area contributed by atoms with Gasteiger partial charge in [-0.2, -0.15) is 0 Å². The fourth-order valence-corrected chi connectivity index (χ4v) is 2.82. The maximum atomic E-state index is 12.1. The van der Waals surface area contributed by atoms with Gasteiger partial charge in [0.05, 0.1) is 12.5 Å². The molecule has 2 atom stereocenters. The number of hydrogen-bond acceptors (Lipinski definition) is 4. The smallest absolute Gasteiger partial charge is 0.309 e. The zero-order valence-corrected chi connectivity index (χ0v) is 15.8. The van der Waals surface area contributed by atoms with Crippen LogP contribution in [0, 0.1) is 11.8 Å². The van der Waals surface area contributed by atoms with Crippen LogP contribution in [0.25, 0.3) is 11.3 Å². The van der Waals surface area contributed by atoms with Gasteiger partial charge < -0.3 is 14.1 Å². The predicted octanol–water partition coefficient (Wildman–Crippen LogP) is 3.87. The average molecular weight is 406 g/mol. The number of ether oxygens (including phenoxy) is 1. The molecule has 2 aromatic rings. The molecule has 0 saturated heterocycles. The zero-order chi connectivity index (χ0) is 18.0. The molecule has 5 nitrogen and oxygen atoms in total. The summed E-state index contributed by atoms with van der Waals surface area (Å²) in [5, 5.41) is 0. The Labute approximate surface area is 155 Å². The third kappa shape index (κ3) is 4.51. The molecule has 132 valence electrons. The lowest BCUT2D eigenvalue weighted by atomic mass is 10.2. The first-order chi connectivity index (χ1) is 11.9. The number of amides is 1. The Kier molecular flexibility index (Phi) is 5.27. The van der Waals surface area contributed by atoms with Crippen molar-refractivity contribution in [1.82, 2.24) is 4.90 Å². The van der Waals surface area contributed by atoms with Crippen LogP contribution in [0.4, 0.5) is 0 Å². The van der Waals surface area contributed by atoms with Crippen molar-refractivity contribution in [2.45, 2.75) is 19.9 Å². The molecule has 1 aromatic heterocycles. The van der Waals surface area contributed by atoms with Crippen LogP contribution in [0.2, 0.25) is 0 Å². The van der Waals surface area contributed by atoms with Gasteiger partial charge in [0.25, 0.3) is 5.91 Å². The second-order valence-electron chi connectivity index (χ2n) is 6.45. The summed E-state index contributed by atoms with van der Waals surface area (Å²) in [5.41, 5.74) is 0.968. The van der Waals surface area contributed by atoms with Crippen LogP contribution in [-0.4, -0.2) is 30.4 Å². The standard InChI is InChI=1S/C19H20BrNO4/c1-12-9-16(12)19(23)24-11-18(22)21(2)10-15-7-8-17(25-15)13-3-5-14(20)6-4-13/h3-8,12,16H,9-11H2,1-2H3/t12-,16+/m1/s1. The summed E-state index contributed by atoms with van der Waals surface area (Å²) in [6.45, 7) is 2.10. The summed E-state index contributed by atoms with van der Waals surface area (Å²) in [5.74, 6) is 1.25. The summed E-state index contributed by atoms with van der Waals surface area (Å²) >= 11 is 3.40. The Balaban J connectivity index is 1.52. The van der Waals surface area contributed by atoms with Gasteiger partial charge in [0.2, 0.25) is 0 Å². The van der Waals surface area contributed by atoms with Gasteiger partial charge in [-0.3, -0.25) is 9.59 Å². The van der Waals surface area contributed by atoms with Gasteiger partial charge in [-0.15, -0.1) is 0 Å². The number of likely N-dealkylation sites (N-methyl/N-ethyl adjacent to an activating group) is 1. The minimum absolute atomic E-state index is 0.0309. The van der Waals surface area contributed by atoms with E-state index >= 15 is 0 Å². The fourth-order valence-electron chi connectivity index (χ4n) is 2.55. The lowest BCUT2D eigenvalue weighted by Gasteiger charge is -2.15. The van der Waals surface area contributed by atoms with Gasteiger partial charge in [-0.1, -0.05) is 35.0 Å². The quantitative estimate of drug-likeness (QED) is 0.684. The number of halogens is 1. The normalized spacial score (nSPS) is 18.7. The molecule has 0 bridgehead atoms. The van der Waals surface area contributed by atoms with Crippen molar-refractivity contribution in [3.8, 4) is 11.3 Å². The molecule has 6 heteroatoms. The third-order valence-corrected chi connectivity index (χ3v) is 4.89. The van der Waals surface area contributed by atoms with Crippen LogP contribution >= 0.6 is 15.9 Å². The van der Waals surface area contributed by atoms with Crippen molar-refractivity contribution in [2.75, 3.05) is 13.7 Å². The first-order valence-corrected chi connectivity index (χ1v) is 8.98. The highest BCUT2D eigenvalue weighted by atomic mass is 79.9. The number of rotatable bonds is 6. The summed E-state index contributed by atoms with van der Waals surface area (Å²) in [6, 6.07) is 11.5. The highest BCUT2D eigenvalue weighted by Gasteiger charge is 2.40. The molecule has 1 saturated carbocycles. The van der Waals surface area contributed by atoms with E-state index in [1.165, 1.54) is 4.90 Å². The molecule has 1 heterocycles. The first-order valence-electron chi connectivity index (χ1n) is 8.19. The summed E-state index contributed by atoms with van der Waals surface area (Å²) < 4.78 is 11.9. The molecule has 1 amide bonds. The monoisotopic (exact) mass is 405 g/mol. The third-order valence-electron chi connectivity index (χ3n) is 4.36. The molecule has 3 rings (SSSR count). The molecule has 1 aromatic carbocycles. The number of carbonyl (C=O) groups is 2. The van der Waals surface area contributed by atoms with Gasteiger partial charge in [-0.25, -0.2) is 0 Å². The lowest BCUT2D eigenvalue weighted by Crippen LogP contribution is -2.31. The van der Waals surface area contributed by atoms with Gasteiger partial charge >= 0.3 is 5.97 Å². The van der Waals surface area contributed by atoms with Crippen molar-refractivity contribution in [2.24, 2.45) is 11.8 Å². The zero-order valence-electron chi connectivity index (χ0n) is 14.2. The highest BCUT2D eigenvalue weighted by molar-refractivity contribution is 9.10.